The first kappa shape index (κ1) is 17.5. The van der Waals surface area contributed by atoms with E-state index in [4.69, 9.17) is 9.47 Å². The molecule has 0 saturated carbocycles. The Morgan fingerprint density at radius 2 is 1.84 bits per heavy atom. The quantitative estimate of drug-likeness (QED) is 0.835. The number of ether oxygens (including phenoxy) is 2. The minimum atomic E-state index is -0.525. The lowest BCUT2D eigenvalue weighted by atomic mass is 10.2. The molecule has 0 rings (SSSR count). The van der Waals surface area contributed by atoms with Crippen molar-refractivity contribution < 1.29 is 19.1 Å². The standard InChI is InChI=1S/C13H26N2O4/c1-7-18-12(17)15(10(2)3)9-8-14-11(16)19-13(4,5)6/h10H,7-9H2,1-6H3,(H,14,16). The van der Waals surface area contributed by atoms with Gasteiger partial charge in [-0.1, -0.05) is 0 Å². The molecule has 0 radical (unpaired) electrons. The van der Waals surface area contributed by atoms with Gasteiger partial charge in [-0.2, -0.15) is 0 Å². The first-order valence-electron chi connectivity index (χ1n) is 6.57. The van der Waals surface area contributed by atoms with E-state index in [0.717, 1.165) is 0 Å². The summed E-state index contributed by atoms with van der Waals surface area (Å²) in [5.74, 6) is 0. The Kier molecular flexibility index (Phi) is 7.26. The molecule has 0 bridgehead atoms. The summed E-state index contributed by atoms with van der Waals surface area (Å²) in [4.78, 5) is 24.6. The molecule has 0 aliphatic heterocycles. The van der Waals surface area contributed by atoms with Crippen molar-refractivity contribution in [2.24, 2.45) is 0 Å². The van der Waals surface area contributed by atoms with Crippen LogP contribution in [0.25, 0.3) is 0 Å². The Balaban J connectivity index is 4.14. The molecule has 0 fully saturated rings. The van der Waals surface area contributed by atoms with E-state index in [9.17, 15) is 9.59 Å². The molecule has 0 heterocycles. The summed E-state index contributed by atoms with van der Waals surface area (Å²) >= 11 is 0. The summed E-state index contributed by atoms with van der Waals surface area (Å²) < 4.78 is 10.0. The highest BCUT2D eigenvalue weighted by atomic mass is 16.6. The molecule has 6 nitrogen and oxygen atoms in total. The van der Waals surface area contributed by atoms with Gasteiger partial charge in [0.15, 0.2) is 0 Å². The summed E-state index contributed by atoms with van der Waals surface area (Å²) in [6.07, 6.45) is -0.858. The fraction of sp³-hybridized carbons (Fsp3) is 0.846. The molecule has 112 valence electrons. The van der Waals surface area contributed by atoms with Gasteiger partial charge < -0.3 is 19.7 Å². The summed E-state index contributed by atoms with van der Waals surface area (Å²) in [5, 5.41) is 2.61. The minimum absolute atomic E-state index is 0.0134. The minimum Gasteiger partial charge on any atom is -0.450 e. The van der Waals surface area contributed by atoms with Crippen LogP contribution >= 0.6 is 0 Å². The van der Waals surface area contributed by atoms with E-state index in [2.05, 4.69) is 5.32 Å². The largest absolute Gasteiger partial charge is 0.450 e. The topological polar surface area (TPSA) is 67.9 Å². The number of hydrogen-bond acceptors (Lipinski definition) is 4. The molecule has 0 aliphatic rings. The average Bonchev–Trinajstić information content (AvgIpc) is 2.21. The van der Waals surface area contributed by atoms with Crippen molar-refractivity contribution >= 4 is 12.2 Å². The summed E-state index contributed by atoms with van der Waals surface area (Å²) in [5.41, 5.74) is -0.525. The maximum Gasteiger partial charge on any atom is 0.410 e. The molecular formula is C13H26N2O4. The second-order valence-electron chi connectivity index (χ2n) is 5.41. The normalized spacial score (nSPS) is 11.1. The SMILES string of the molecule is CCOC(=O)N(CCNC(=O)OC(C)(C)C)C(C)C. The van der Waals surface area contributed by atoms with Gasteiger partial charge in [-0.3, -0.25) is 0 Å². The van der Waals surface area contributed by atoms with Crippen molar-refractivity contribution in [1.82, 2.24) is 10.2 Å². The van der Waals surface area contributed by atoms with Crippen LogP contribution in [0.2, 0.25) is 0 Å². The maximum absolute atomic E-state index is 11.6. The molecule has 1 N–H and O–H groups in total. The van der Waals surface area contributed by atoms with Gasteiger partial charge in [0.1, 0.15) is 5.60 Å². The van der Waals surface area contributed by atoms with Gasteiger partial charge in [0, 0.05) is 19.1 Å². The lowest BCUT2D eigenvalue weighted by molar-refractivity contribution is 0.0511. The van der Waals surface area contributed by atoms with E-state index in [1.807, 2.05) is 13.8 Å². The van der Waals surface area contributed by atoms with Crippen LogP contribution < -0.4 is 5.32 Å². The van der Waals surface area contributed by atoms with Gasteiger partial charge in [0.2, 0.25) is 0 Å². The first-order chi connectivity index (χ1) is 8.67. The van der Waals surface area contributed by atoms with Gasteiger partial charge in [0.05, 0.1) is 6.61 Å². The Hall–Kier alpha value is -1.46. The lowest BCUT2D eigenvalue weighted by Crippen LogP contribution is -2.43. The number of amides is 2. The van der Waals surface area contributed by atoms with Crippen molar-refractivity contribution in [1.29, 1.82) is 0 Å². The van der Waals surface area contributed by atoms with Gasteiger partial charge in [-0.15, -0.1) is 0 Å². The Labute approximate surface area is 115 Å². The molecule has 19 heavy (non-hydrogen) atoms. The molecule has 0 aliphatic carbocycles. The smallest absolute Gasteiger partial charge is 0.410 e. The first-order valence-corrected chi connectivity index (χ1v) is 6.57. The lowest BCUT2D eigenvalue weighted by Gasteiger charge is -2.26. The summed E-state index contributed by atoms with van der Waals surface area (Å²) in [6.45, 7) is 12.0. The Morgan fingerprint density at radius 3 is 2.26 bits per heavy atom. The highest BCUT2D eigenvalue weighted by Crippen LogP contribution is 2.06. The van der Waals surface area contributed by atoms with Gasteiger partial charge >= 0.3 is 12.2 Å². The molecule has 0 aromatic rings. The fourth-order valence-corrected chi connectivity index (χ4v) is 1.36. The third-order valence-electron chi connectivity index (χ3n) is 2.15. The van der Waals surface area contributed by atoms with E-state index in [1.165, 1.54) is 0 Å². The molecule has 0 atom stereocenters. The van der Waals surface area contributed by atoms with Crippen molar-refractivity contribution in [2.75, 3.05) is 19.7 Å². The molecule has 0 aromatic heterocycles. The summed E-state index contributed by atoms with van der Waals surface area (Å²) in [6, 6.07) is 0.0134. The zero-order valence-corrected chi connectivity index (χ0v) is 12.8. The van der Waals surface area contributed by atoms with Crippen LogP contribution in [0.1, 0.15) is 41.5 Å². The van der Waals surface area contributed by atoms with E-state index < -0.39 is 11.7 Å². The third-order valence-corrected chi connectivity index (χ3v) is 2.15. The van der Waals surface area contributed by atoms with E-state index in [-0.39, 0.29) is 12.1 Å². The highest BCUT2D eigenvalue weighted by molar-refractivity contribution is 5.69. The molecule has 0 spiro atoms. The third kappa shape index (κ3) is 8.29. The summed E-state index contributed by atoms with van der Waals surface area (Å²) in [7, 11) is 0. The van der Waals surface area contributed by atoms with Crippen LogP contribution in [0.15, 0.2) is 0 Å². The monoisotopic (exact) mass is 274 g/mol. The number of nitrogens with zero attached hydrogens (tertiary/aromatic N) is 1. The van der Waals surface area contributed by atoms with Crippen molar-refractivity contribution in [3.8, 4) is 0 Å². The number of carbonyl (C=O) groups is 2. The van der Waals surface area contributed by atoms with Crippen LogP contribution in [0.5, 0.6) is 0 Å². The van der Waals surface area contributed by atoms with Crippen molar-refractivity contribution in [3.05, 3.63) is 0 Å². The number of rotatable bonds is 5. The van der Waals surface area contributed by atoms with E-state index >= 15 is 0 Å². The molecule has 6 heteroatoms. The van der Waals surface area contributed by atoms with Crippen molar-refractivity contribution in [3.63, 3.8) is 0 Å². The Bertz CT molecular complexity index is 298. The second-order valence-corrected chi connectivity index (χ2v) is 5.41. The molecule has 0 saturated heterocycles. The molecule has 0 unspecified atom stereocenters. The predicted molar refractivity (Wildman–Crippen MR) is 73.1 cm³/mol. The van der Waals surface area contributed by atoms with E-state index in [1.54, 1.807) is 32.6 Å². The van der Waals surface area contributed by atoms with Crippen LogP contribution in [0.3, 0.4) is 0 Å². The van der Waals surface area contributed by atoms with Gasteiger partial charge in [0.25, 0.3) is 0 Å². The Morgan fingerprint density at radius 1 is 1.26 bits per heavy atom. The van der Waals surface area contributed by atoms with Crippen LogP contribution in [0, 0.1) is 0 Å². The second kappa shape index (κ2) is 7.86. The van der Waals surface area contributed by atoms with Crippen molar-refractivity contribution in [2.45, 2.75) is 53.2 Å². The fourth-order valence-electron chi connectivity index (χ4n) is 1.36. The van der Waals surface area contributed by atoms with E-state index in [0.29, 0.717) is 19.7 Å². The highest BCUT2D eigenvalue weighted by Gasteiger charge is 2.19. The molecular weight excluding hydrogens is 248 g/mol. The predicted octanol–water partition coefficient (Wildman–Crippen LogP) is 2.38. The average molecular weight is 274 g/mol. The van der Waals surface area contributed by atoms with Gasteiger partial charge in [-0.05, 0) is 41.5 Å². The molecule has 0 aromatic carbocycles. The number of hydrogen-bond donors (Lipinski definition) is 1. The van der Waals surface area contributed by atoms with Crippen LogP contribution in [-0.2, 0) is 9.47 Å². The number of nitrogens with one attached hydrogen (secondary N) is 1. The number of alkyl carbamates (subject to hydrolysis) is 1. The zero-order valence-electron chi connectivity index (χ0n) is 12.8. The van der Waals surface area contributed by atoms with Gasteiger partial charge in [-0.25, -0.2) is 9.59 Å². The maximum atomic E-state index is 11.6. The zero-order chi connectivity index (χ0) is 15.1. The number of carbonyl (C=O) groups excluding carboxylic acids is 2. The van der Waals surface area contributed by atoms with Crippen LogP contribution in [0.4, 0.5) is 9.59 Å². The molecule has 2 amide bonds. The van der Waals surface area contributed by atoms with Crippen LogP contribution in [-0.4, -0.2) is 48.4 Å².